The Bertz CT molecular complexity index is 232. The van der Waals surface area contributed by atoms with Crippen LogP contribution in [-0.4, -0.2) is 55.1 Å². The van der Waals surface area contributed by atoms with Crippen LogP contribution in [-0.2, 0) is 0 Å². The summed E-state index contributed by atoms with van der Waals surface area (Å²) in [5, 5.41) is 2.86. The van der Waals surface area contributed by atoms with Gasteiger partial charge in [0, 0.05) is 39.3 Å². The third-order valence-corrected chi connectivity index (χ3v) is 3.73. The second kappa shape index (κ2) is 5.53. The van der Waals surface area contributed by atoms with E-state index in [1.807, 2.05) is 11.8 Å². The molecule has 2 rings (SSSR count). The maximum Gasteiger partial charge on any atom is 0.317 e. The maximum atomic E-state index is 11.6. The molecule has 0 bridgehead atoms. The minimum absolute atomic E-state index is 0.103. The third-order valence-electron chi connectivity index (χ3n) is 3.73. The van der Waals surface area contributed by atoms with Crippen LogP contribution in [0.25, 0.3) is 0 Å². The summed E-state index contributed by atoms with van der Waals surface area (Å²) in [6.07, 6.45) is 4.25. The van der Waals surface area contributed by atoms with Crippen molar-refractivity contribution in [3.63, 3.8) is 0 Å². The molecule has 0 aromatic rings. The van der Waals surface area contributed by atoms with Gasteiger partial charge < -0.3 is 10.2 Å². The monoisotopic (exact) mass is 225 g/mol. The zero-order valence-electron chi connectivity index (χ0n) is 10.2. The van der Waals surface area contributed by atoms with Crippen LogP contribution in [0, 0.1) is 5.92 Å². The van der Waals surface area contributed by atoms with Crippen LogP contribution in [0.2, 0.25) is 0 Å². The number of urea groups is 1. The number of piperazine rings is 1. The Labute approximate surface area is 98.0 Å². The Morgan fingerprint density at radius 2 is 1.94 bits per heavy atom. The van der Waals surface area contributed by atoms with Crippen molar-refractivity contribution in [2.24, 2.45) is 5.92 Å². The first kappa shape index (κ1) is 11.7. The van der Waals surface area contributed by atoms with Crippen LogP contribution in [0.3, 0.4) is 0 Å². The molecule has 92 valence electrons. The molecule has 4 nitrogen and oxygen atoms in total. The fourth-order valence-electron chi connectivity index (χ4n) is 2.44. The smallest absolute Gasteiger partial charge is 0.317 e. The van der Waals surface area contributed by atoms with Gasteiger partial charge in [0.05, 0.1) is 0 Å². The molecule has 2 aliphatic rings. The molecule has 16 heavy (non-hydrogen) atoms. The van der Waals surface area contributed by atoms with Crippen molar-refractivity contribution in [3.8, 4) is 0 Å². The molecule has 0 spiro atoms. The van der Waals surface area contributed by atoms with Crippen molar-refractivity contribution >= 4 is 6.03 Å². The number of hydrogen-bond donors (Lipinski definition) is 1. The highest BCUT2D eigenvalue weighted by atomic mass is 16.2. The molecule has 4 heteroatoms. The maximum absolute atomic E-state index is 11.6. The number of nitrogens with zero attached hydrogens (tertiary/aromatic N) is 2. The first-order valence-corrected chi connectivity index (χ1v) is 6.54. The van der Waals surface area contributed by atoms with Gasteiger partial charge in [-0.05, 0) is 25.7 Å². The SMILES string of the molecule is CCNC(=O)N1CCN(CC2CCC2)CC1. The van der Waals surface area contributed by atoms with Gasteiger partial charge in [0.1, 0.15) is 0 Å². The highest BCUT2D eigenvalue weighted by Crippen LogP contribution is 2.27. The second-order valence-corrected chi connectivity index (χ2v) is 4.92. The summed E-state index contributed by atoms with van der Waals surface area (Å²) in [4.78, 5) is 16.0. The fourth-order valence-corrected chi connectivity index (χ4v) is 2.44. The Morgan fingerprint density at radius 3 is 2.44 bits per heavy atom. The number of rotatable bonds is 3. The first-order chi connectivity index (χ1) is 7.79. The van der Waals surface area contributed by atoms with E-state index >= 15 is 0 Å². The minimum Gasteiger partial charge on any atom is -0.338 e. The summed E-state index contributed by atoms with van der Waals surface area (Å²) in [7, 11) is 0. The van der Waals surface area contributed by atoms with E-state index in [4.69, 9.17) is 0 Å². The highest BCUT2D eigenvalue weighted by Gasteiger charge is 2.24. The second-order valence-electron chi connectivity index (χ2n) is 4.92. The molecule has 0 atom stereocenters. The lowest BCUT2D eigenvalue weighted by Gasteiger charge is -2.38. The standard InChI is InChI=1S/C12H23N3O/c1-2-13-12(16)15-8-6-14(7-9-15)10-11-4-3-5-11/h11H,2-10H2,1H3,(H,13,16). The largest absolute Gasteiger partial charge is 0.338 e. The van der Waals surface area contributed by atoms with E-state index in [0.29, 0.717) is 0 Å². The van der Waals surface area contributed by atoms with Crippen LogP contribution in [0.5, 0.6) is 0 Å². The average molecular weight is 225 g/mol. The number of nitrogens with one attached hydrogen (secondary N) is 1. The van der Waals surface area contributed by atoms with E-state index in [2.05, 4.69) is 10.2 Å². The molecule has 1 aliphatic heterocycles. The van der Waals surface area contributed by atoms with Gasteiger partial charge >= 0.3 is 6.03 Å². The summed E-state index contributed by atoms with van der Waals surface area (Å²) in [5.74, 6) is 0.941. The number of hydrogen-bond acceptors (Lipinski definition) is 2. The van der Waals surface area contributed by atoms with Crippen molar-refractivity contribution in [1.29, 1.82) is 0 Å². The van der Waals surface area contributed by atoms with Crippen LogP contribution >= 0.6 is 0 Å². The molecule has 0 aromatic carbocycles. The molecule has 2 amide bonds. The van der Waals surface area contributed by atoms with E-state index < -0.39 is 0 Å². The molecule has 0 radical (unpaired) electrons. The molecule has 1 saturated carbocycles. The molecule has 0 unspecified atom stereocenters. The van der Waals surface area contributed by atoms with E-state index in [-0.39, 0.29) is 6.03 Å². The van der Waals surface area contributed by atoms with E-state index in [0.717, 1.165) is 38.6 Å². The lowest BCUT2D eigenvalue weighted by molar-refractivity contribution is 0.111. The average Bonchev–Trinajstić information content (AvgIpc) is 2.25. The van der Waals surface area contributed by atoms with E-state index in [1.165, 1.54) is 25.8 Å². The summed E-state index contributed by atoms with van der Waals surface area (Å²) in [6, 6.07) is 0.103. The van der Waals surface area contributed by atoms with Gasteiger partial charge in [-0.2, -0.15) is 0 Å². The van der Waals surface area contributed by atoms with Gasteiger partial charge in [-0.15, -0.1) is 0 Å². The zero-order valence-corrected chi connectivity index (χ0v) is 10.2. The van der Waals surface area contributed by atoms with Gasteiger partial charge in [-0.3, -0.25) is 4.90 Å². The quantitative estimate of drug-likeness (QED) is 0.781. The molecule has 1 saturated heterocycles. The summed E-state index contributed by atoms with van der Waals surface area (Å²) in [6.45, 7) is 7.81. The molecule has 1 N–H and O–H groups in total. The molecule has 1 heterocycles. The molecule has 0 aromatic heterocycles. The number of carbonyl (C=O) groups is 1. The first-order valence-electron chi connectivity index (χ1n) is 6.54. The zero-order chi connectivity index (χ0) is 11.4. The fraction of sp³-hybridized carbons (Fsp3) is 0.917. The van der Waals surface area contributed by atoms with Crippen molar-refractivity contribution in [1.82, 2.24) is 15.1 Å². The molecular weight excluding hydrogens is 202 g/mol. The summed E-state index contributed by atoms with van der Waals surface area (Å²) >= 11 is 0. The topological polar surface area (TPSA) is 35.6 Å². The lowest BCUT2D eigenvalue weighted by Crippen LogP contribution is -2.52. The Kier molecular flexibility index (Phi) is 4.04. The minimum atomic E-state index is 0.103. The predicted octanol–water partition coefficient (Wildman–Crippen LogP) is 1.13. The van der Waals surface area contributed by atoms with Gasteiger partial charge in [-0.1, -0.05) is 6.42 Å². The Morgan fingerprint density at radius 1 is 1.25 bits per heavy atom. The Hall–Kier alpha value is -0.770. The van der Waals surface area contributed by atoms with Crippen LogP contribution in [0.15, 0.2) is 0 Å². The van der Waals surface area contributed by atoms with Crippen LogP contribution in [0.4, 0.5) is 4.79 Å². The van der Waals surface area contributed by atoms with Crippen molar-refractivity contribution in [2.45, 2.75) is 26.2 Å². The van der Waals surface area contributed by atoms with Crippen molar-refractivity contribution < 1.29 is 4.79 Å². The van der Waals surface area contributed by atoms with Crippen LogP contribution in [0.1, 0.15) is 26.2 Å². The number of carbonyl (C=O) groups excluding carboxylic acids is 1. The van der Waals surface area contributed by atoms with Gasteiger partial charge in [0.2, 0.25) is 0 Å². The lowest BCUT2D eigenvalue weighted by atomic mass is 9.85. The van der Waals surface area contributed by atoms with Gasteiger partial charge in [-0.25, -0.2) is 4.79 Å². The summed E-state index contributed by atoms with van der Waals surface area (Å²) < 4.78 is 0. The number of amides is 2. The molecule has 2 fully saturated rings. The van der Waals surface area contributed by atoms with Crippen molar-refractivity contribution in [3.05, 3.63) is 0 Å². The van der Waals surface area contributed by atoms with Gasteiger partial charge in [0.25, 0.3) is 0 Å². The van der Waals surface area contributed by atoms with E-state index in [1.54, 1.807) is 0 Å². The van der Waals surface area contributed by atoms with Crippen LogP contribution < -0.4 is 5.32 Å². The third kappa shape index (κ3) is 2.88. The summed E-state index contributed by atoms with van der Waals surface area (Å²) in [5.41, 5.74) is 0. The highest BCUT2D eigenvalue weighted by molar-refractivity contribution is 5.74. The van der Waals surface area contributed by atoms with Gasteiger partial charge in [0.15, 0.2) is 0 Å². The predicted molar refractivity (Wildman–Crippen MR) is 64.4 cm³/mol. The molecular formula is C12H23N3O. The Balaban J connectivity index is 1.67. The van der Waals surface area contributed by atoms with Crippen molar-refractivity contribution in [2.75, 3.05) is 39.3 Å². The van der Waals surface area contributed by atoms with E-state index in [9.17, 15) is 4.79 Å². The normalized spacial score (nSPS) is 22.9. The molecule has 1 aliphatic carbocycles.